The Morgan fingerprint density at radius 2 is 1.76 bits per heavy atom. The van der Waals surface area contributed by atoms with Crippen LogP contribution in [-0.2, 0) is 14.3 Å². The quantitative estimate of drug-likeness (QED) is 0.297. The predicted molar refractivity (Wildman–Crippen MR) is 161 cm³/mol. The van der Waals surface area contributed by atoms with Gasteiger partial charge in [0.2, 0.25) is 5.91 Å². The number of benzene rings is 3. The fourth-order valence-corrected chi connectivity index (χ4v) is 5.12. The van der Waals surface area contributed by atoms with Crippen molar-refractivity contribution in [3.8, 4) is 0 Å². The van der Waals surface area contributed by atoms with Crippen molar-refractivity contribution in [2.75, 3.05) is 29.9 Å². The van der Waals surface area contributed by atoms with Crippen LogP contribution in [0, 0.1) is 13.8 Å². The van der Waals surface area contributed by atoms with Gasteiger partial charge in [0.25, 0.3) is 11.8 Å². The molecular formula is C32H34ClN3O6. The number of nitrogens with zero attached hydrogens (tertiary/aromatic N) is 1. The number of aryl methyl sites for hydroxylation is 2. The Morgan fingerprint density at radius 1 is 0.976 bits per heavy atom. The molecule has 1 heterocycles. The minimum absolute atomic E-state index is 0.0563. The SMILES string of the molecule is Cc1ccccc1C(=O)Nc1ccc(C(=O)N2CCCC(OC(=O)CCC(=O)NCCO)c3cc(Cl)ccc32)c(C)c1. The summed E-state index contributed by atoms with van der Waals surface area (Å²) in [5.74, 6) is -1.33. The zero-order chi connectivity index (χ0) is 30.2. The lowest BCUT2D eigenvalue weighted by atomic mass is 10.0. The van der Waals surface area contributed by atoms with Crippen molar-refractivity contribution in [2.45, 2.75) is 45.6 Å². The zero-order valence-electron chi connectivity index (χ0n) is 23.6. The summed E-state index contributed by atoms with van der Waals surface area (Å²) < 4.78 is 5.76. The van der Waals surface area contributed by atoms with Crippen LogP contribution in [0.2, 0.25) is 5.02 Å². The van der Waals surface area contributed by atoms with Gasteiger partial charge >= 0.3 is 5.97 Å². The Kier molecular flexibility index (Phi) is 10.3. The van der Waals surface area contributed by atoms with Crippen molar-refractivity contribution in [3.63, 3.8) is 0 Å². The first-order valence-corrected chi connectivity index (χ1v) is 14.2. The molecule has 1 aliphatic heterocycles. The summed E-state index contributed by atoms with van der Waals surface area (Å²) in [5.41, 5.74) is 4.42. The summed E-state index contributed by atoms with van der Waals surface area (Å²) in [4.78, 5) is 52.7. The lowest BCUT2D eigenvalue weighted by Gasteiger charge is -2.25. The Balaban J connectivity index is 1.51. The number of hydrogen-bond donors (Lipinski definition) is 3. The maximum absolute atomic E-state index is 13.8. The van der Waals surface area contributed by atoms with Crippen LogP contribution in [-0.4, -0.2) is 48.5 Å². The van der Waals surface area contributed by atoms with Gasteiger partial charge in [0, 0.05) is 46.9 Å². The number of nitrogens with one attached hydrogen (secondary N) is 2. The number of carbonyl (C=O) groups is 4. The molecule has 0 aromatic heterocycles. The van der Waals surface area contributed by atoms with Gasteiger partial charge in [-0.2, -0.15) is 0 Å². The van der Waals surface area contributed by atoms with Crippen molar-refractivity contribution in [2.24, 2.45) is 0 Å². The third-order valence-electron chi connectivity index (χ3n) is 7.09. The molecular weight excluding hydrogens is 558 g/mol. The maximum Gasteiger partial charge on any atom is 0.306 e. The first-order valence-electron chi connectivity index (χ1n) is 13.8. The van der Waals surface area contributed by atoms with Crippen molar-refractivity contribution in [1.29, 1.82) is 0 Å². The molecule has 3 aromatic rings. The Labute approximate surface area is 249 Å². The lowest BCUT2D eigenvalue weighted by molar-refractivity contribution is -0.150. The highest BCUT2D eigenvalue weighted by Gasteiger charge is 2.30. The molecule has 9 nitrogen and oxygen atoms in total. The molecule has 3 N–H and O–H groups in total. The van der Waals surface area contributed by atoms with E-state index in [1.807, 2.05) is 32.0 Å². The van der Waals surface area contributed by atoms with Gasteiger partial charge in [0.05, 0.1) is 18.7 Å². The smallest absolute Gasteiger partial charge is 0.306 e. The van der Waals surface area contributed by atoms with E-state index in [0.717, 1.165) is 5.56 Å². The van der Waals surface area contributed by atoms with Crippen LogP contribution in [0.3, 0.4) is 0 Å². The highest BCUT2D eigenvalue weighted by atomic mass is 35.5. The number of hydrogen-bond acceptors (Lipinski definition) is 6. The van der Waals surface area contributed by atoms with E-state index >= 15 is 0 Å². The molecule has 0 bridgehead atoms. The molecule has 220 valence electrons. The van der Waals surface area contributed by atoms with E-state index in [-0.39, 0.29) is 43.7 Å². The summed E-state index contributed by atoms with van der Waals surface area (Å²) in [6.07, 6.45) is 0.237. The van der Waals surface area contributed by atoms with Gasteiger partial charge in [-0.1, -0.05) is 29.8 Å². The molecule has 4 rings (SSSR count). The average molecular weight is 592 g/mol. The van der Waals surface area contributed by atoms with E-state index in [1.54, 1.807) is 47.4 Å². The number of ether oxygens (including phenoxy) is 1. The van der Waals surface area contributed by atoms with Gasteiger partial charge < -0.3 is 25.4 Å². The second kappa shape index (κ2) is 14.1. The van der Waals surface area contributed by atoms with Gasteiger partial charge in [0.1, 0.15) is 6.10 Å². The van der Waals surface area contributed by atoms with E-state index in [2.05, 4.69) is 10.6 Å². The van der Waals surface area contributed by atoms with Crippen LogP contribution in [0.4, 0.5) is 11.4 Å². The molecule has 1 unspecified atom stereocenters. The summed E-state index contributed by atoms with van der Waals surface area (Å²) in [6, 6.07) is 17.6. The maximum atomic E-state index is 13.8. The molecule has 1 aliphatic rings. The molecule has 42 heavy (non-hydrogen) atoms. The van der Waals surface area contributed by atoms with Crippen LogP contribution < -0.4 is 15.5 Å². The monoisotopic (exact) mass is 591 g/mol. The van der Waals surface area contributed by atoms with Crippen LogP contribution in [0.25, 0.3) is 0 Å². The van der Waals surface area contributed by atoms with Gasteiger partial charge in [-0.05, 0) is 80.3 Å². The van der Waals surface area contributed by atoms with E-state index in [9.17, 15) is 19.2 Å². The second-order valence-electron chi connectivity index (χ2n) is 10.2. The minimum atomic E-state index is -0.635. The second-order valence-corrected chi connectivity index (χ2v) is 10.6. The van der Waals surface area contributed by atoms with Gasteiger partial charge in [-0.15, -0.1) is 0 Å². The number of anilines is 2. The molecule has 3 amide bonds. The number of aliphatic hydroxyl groups is 1. The summed E-state index contributed by atoms with van der Waals surface area (Å²) in [7, 11) is 0. The topological polar surface area (TPSA) is 125 Å². The highest BCUT2D eigenvalue weighted by Crippen LogP contribution is 2.38. The average Bonchev–Trinajstić information content (AvgIpc) is 3.14. The highest BCUT2D eigenvalue weighted by molar-refractivity contribution is 6.30. The molecule has 0 spiro atoms. The van der Waals surface area contributed by atoms with E-state index < -0.39 is 12.1 Å². The van der Waals surface area contributed by atoms with Crippen molar-refractivity contribution in [1.82, 2.24) is 5.32 Å². The number of halogens is 1. The fourth-order valence-electron chi connectivity index (χ4n) is 4.94. The molecule has 3 aromatic carbocycles. The van der Waals surface area contributed by atoms with E-state index in [1.165, 1.54) is 0 Å². The number of amides is 3. The van der Waals surface area contributed by atoms with Gasteiger partial charge in [0.15, 0.2) is 0 Å². The van der Waals surface area contributed by atoms with Gasteiger partial charge in [-0.3, -0.25) is 19.2 Å². The molecule has 1 atom stereocenters. The molecule has 0 radical (unpaired) electrons. The Bertz CT molecular complexity index is 1490. The normalized spacial score (nSPS) is 14.4. The molecule has 0 aliphatic carbocycles. The number of carbonyl (C=O) groups excluding carboxylic acids is 4. The molecule has 0 saturated carbocycles. The molecule has 10 heteroatoms. The van der Waals surface area contributed by atoms with Crippen LogP contribution in [0.15, 0.2) is 60.7 Å². The van der Waals surface area contributed by atoms with Crippen LogP contribution >= 0.6 is 11.6 Å². The molecule has 0 saturated heterocycles. The summed E-state index contributed by atoms with van der Waals surface area (Å²) in [6.45, 7) is 4.03. The fraction of sp³-hybridized carbons (Fsp3) is 0.312. The minimum Gasteiger partial charge on any atom is -0.457 e. The largest absolute Gasteiger partial charge is 0.457 e. The Hall–Kier alpha value is -4.21. The van der Waals surface area contributed by atoms with Crippen LogP contribution in [0.5, 0.6) is 0 Å². The summed E-state index contributed by atoms with van der Waals surface area (Å²) in [5, 5.41) is 14.7. The van der Waals surface area contributed by atoms with Crippen molar-refractivity contribution < 1.29 is 29.0 Å². The lowest BCUT2D eigenvalue weighted by Crippen LogP contribution is -2.32. The van der Waals surface area contributed by atoms with Crippen LogP contribution in [0.1, 0.15) is 69.2 Å². The van der Waals surface area contributed by atoms with E-state index in [0.29, 0.717) is 58.0 Å². The van der Waals surface area contributed by atoms with Crippen molar-refractivity contribution in [3.05, 3.63) is 93.5 Å². The first kappa shape index (κ1) is 30.7. The Morgan fingerprint density at radius 3 is 2.50 bits per heavy atom. The number of esters is 1. The zero-order valence-corrected chi connectivity index (χ0v) is 24.4. The van der Waals surface area contributed by atoms with E-state index in [4.69, 9.17) is 21.4 Å². The van der Waals surface area contributed by atoms with Crippen molar-refractivity contribution >= 4 is 46.7 Å². The first-order chi connectivity index (χ1) is 20.2. The molecule has 0 fully saturated rings. The number of fused-ring (bicyclic) bond motifs is 1. The van der Waals surface area contributed by atoms with Gasteiger partial charge in [-0.25, -0.2) is 0 Å². The number of aliphatic hydroxyl groups excluding tert-OH is 1. The standard InChI is InChI=1S/C32H34ClN3O6/c1-20-6-3-4-7-24(20)31(40)35-23-10-11-25(21(2)18-23)32(41)36-16-5-8-28(26-19-22(33)9-12-27(26)36)42-30(39)14-13-29(38)34-15-17-37/h3-4,6-7,9-12,18-19,28,37H,5,8,13-17H2,1-2H3,(H,34,38)(H,35,40). The number of rotatable bonds is 9. The third-order valence-corrected chi connectivity index (χ3v) is 7.32. The predicted octanol–water partition coefficient (Wildman–Crippen LogP) is 5.12. The summed E-state index contributed by atoms with van der Waals surface area (Å²) >= 11 is 6.31. The third kappa shape index (κ3) is 7.54.